The zero-order valence-corrected chi connectivity index (χ0v) is 12.8. The highest BCUT2D eigenvalue weighted by Gasteiger charge is 2.32. The number of halogens is 1. The number of pyridine rings is 2. The lowest BCUT2D eigenvalue weighted by molar-refractivity contribution is 0.256. The predicted molar refractivity (Wildman–Crippen MR) is 86.4 cm³/mol. The molecule has 9 heteroatoms. The minimum absolute atomic E-state index is 0.166. The molecule has 3 heterocycles. The molecule has 1 fully saturated rings. The predicted octanol–water partition coefficient (Wildman–Crippen LogP) is 3.39. The van der Waals surface area contributed by atoms with Gasteiger partial charge in [0.15, 0.2) is 0 Å². The van der Waals surface area contributed by atoms with Gasteiger partial charge in [-0.05, 0) is 29.3 Å². The molecule has 0 spiro atoms. The Balaban J connectivity index is 1.89. The number of amides is 2. The number of carbonyl (C=O) groups is 1. The molecular weight excluding hydrogens is 318 g/mol. The molecule has 2 amide bonds. The molecule has 1 aliphatic rings. The maximum Gasteiger partial charge on any atom is 0.329 e. The van der Waals surface area contributed by atoms with Gasteiger partial charge in [-0.1, -0.05) is 16.7 Å². The molecule has 0 saturated carbocycles. The van der Waals surface area contributed by atoms with Crippen molar-refractivity contribution in [3.8, 4) is 0 Å². The third kappa shape index (κ3) is 3.03. The summed E-state index contributed by atoms with van der Waals surface area (Å²) in [6.07, 6.45) is 4.76. The number of anilines is 2. The number of nitrogens with zero attached hydrogens (tertiary/aromatic N) is 7. The van der Waals surface area contributed by atoms with Gasteiger partial charge in [-0.3, -0.25) is 14.8 Å². The summed E-state index contributed by atoms with van der Waals surface area (Å²) in [5, 5.41) is 3.90. The van der Waals surface area contributed by atoms with Crippen LogP contribution in [0, 0.1) is 0 Å². The molecule has 3 rings (SSSR count). The largest absolute Gasteiger partial charge is 0.329 e. The molecule has 23 heavy (non-hydrogen) atoms. The van der Waals surface area contributed by atoms with E-state index in [1.807, 2.05) is 0 Å². The Hall–Kier alpha value is -2.83. The molecule has 116 valence electrons. The molecule has 2 aromatic heterocycles. The van der Waals surface area contributed by atoms with Crippen LogP contribution < -0.4 is 9.80 Å². The van der Waals surface area contributed by atoms with Crippen molar-refractivity contribution in [2.75, 3.05) is 22.9 Å². The van der Waals surface area contributed by atoms with Crippen molar-refractivity contribution in [3.63, 3.8) is 0 Å². The number of hydrogen-bond donors (Lipinski definition) is 0. The standard InChI is InChI=1S/C14H12ClN7O/c15-13-7-11(2-4-18-13)21-5-6-22(14(21)23)12-9-17-3-1-10(12)8-19-20-16/h1-4,7,9H,5-6,8H2. The average Bonchev–Trinajstić information content (AvgIpc) is 2.94. The smallest absolute Gasteiger partial charge is 0.292 e. The van der Waals surface area contributed by atoms with Gasteiger partial charge in [-0.2, -0.15) is 0 Å². The highest BCUT2D eigenvalue weighted by Crippen LogP contribution is 2.28. The van der Waals surface area contributed by atoms with Gasteiger partial charge in [-0.25, -0.2) is 9.78 Å². The van der Waals surface area contributed by atoms with E-state index in [0.717, 1.165) is 5.56 Å². The van der Waals surface area contributed by atoms with E-state index in [0.29, 0.717) is 29.6 Å². The number of hydrogen-bond acceptors (Lipinski definition) is 4. The number of carbonyl (C=O) groups excluding carboxylic acids is 1. The normalized spacial score (nSPS) is 14.0. The van der Waals surface area contributed by atoms with Crippen molar-refractivity contribution >= 4 is 29.0 Å². The van der Waals surface area contributed by atoms with Crippen molar-refractivity contribution in [1.82, 2.24) is 9.97 Å². The Labute approximate surface area is 136 Å². The topological polar surface area (TPSA) is 98.1 Å². The molecule has 0 aromatic carbocycles. The van der Waals surface area contributed by atoms with E-state index in [1.165, 1.54) is 0 Å². The molecule has 0 atom stereocenters. The van der Waals surface area contributed by atoms with Crippen LogP contribution in [0.25, 0.3) is 10.4 Å². The van der Waals surface area contributed by atoms with Crippen LogP contribution in [0.1, 0.15) is 5.56 Å². The van der Waals surface area contributed by atoms with Gasteiger partial charge < -0.3 is 0 Å². The summed E-state index contributed by atoms with van der Waals surface area (Å²) in [6.45, 7) is 1.20. The summed E-state index contributed by atoms with van der Waals surface area (Å²) in [4.78, 5) is 26.7. The first-order valence-electron chi connectivity index (χ1n) is 6.85. The maximum absolute atomic E-state index is 12.7. The Morgan fingerprint density at radius 3 is 2.91 bits per heavy atom. The first-order chi connectivity index (χ1) is 11.2. The zero-order chi connectivity index (χ0) is 16.2. The van der Waals surface area contributed by atoms with Gasteiger partial charge in [0, 0.05) is 30.4 Å². The summed E-state index contributed by atoms with van der Waals surface area (Å²) in [5.74, 6) is 0. The van der Waals surface area contributed by atoms with E-state index in [4.69, 9.17) is 17.1 Å². The van der Waals surface area contributed by atoms with Gasteiger partial charge in [0.05, 0.1) is 24.1 Å². The fourth-order valence-electron chi connectivity index (χ4n) is 2.46. The summed E-state index contributed by atoms with van der Waals surface area (Å²) in [5.41, 5.74) is 10.6. The fraction of sp³-hybridized carbons (Fsp3) is 0.214. The van der Waals surface area contributed by atoms with E-state index in [1.54, 1.807) is 46.6 Å². The Bertz CT molecular complexity index is 790. The highest BCUT2D eigenvalue weighted by molar-refractivity contribution is 6.29. The molecule has 0 radical (unpaired) electrons. The van der Waals surface area contributed by atoms with Crippen LogP contribution in [0.5, 0.6) is 0 Å². The van der Waals surface area contributed by atoms with E-state index in [2.05, 4.69) is 20.0 Å². The van der Waals surface area contributed by atoms with Crippen molar-refractivity contribution in [2.45, 2.75) is 6.54 Å². The van der Waals surface area contributed by atoms with Crippen molar-refractivity contribution in [1.29, 1.82) is 0 Å². The zero-order valence-electron chi connectivity index (χ0n) is 12.0. The van der Waals surface area contributed by atoms with Crippen molar-refractivity contribution in [3.05, 3.63) is 57.9 Å². The molecule has 0 N–H and O–H groups in total. The van der Waals surface area contributed by atoms with Crippen LogP contribution in [0.3, 0.4) is 0 Å². The van der Waals surface area contributed by atoms with E-state index >= 15 is 0 Å². The second-order valence-corrected chi connectivity index (χ2v) is 5.20. The number of urea groups is 1. The van der Waals surface area contributed by atoms with Gasteiger partial charge in [0.25, 0.3) is 0 Å². The van der Waals surface area contributed by atoms with Gasteiger partial charge in [0.2, 0.25) is 0 Å². The molecule has 0 unspecified atom stereocenters. The second-order valence-electron chi connectivity index (χ2n) is 4.82. The van der Waals surface area contributed by atoms with E-state index < -0.39 is 0 Å². The first kappa shape index (κ1) is 15.1. The second kappa shape index (κ2) is 6.51. The minimum atomic E-state index is -0.178. The molecule has 8 nitrogen and oxygen atoms in total. The molecule has 0 bridgehead atoms. The molecule has 0 aliphatic carbocycles. The van der Waals surface area contributed by atoms with Crippen LogP contribution in [0.15, 0.2) is 41.9 Å². The lowest BCUT2D eigenvalue weighted by Gasteiger charge is -2.20. The van der Waals surface area contributed by atoms with Crippen molar-refractivity contribution < 1.29 is 4.79 Å². The first-order valence-corrected chi connectivity index (χ1v) is 7.23. The third-order valence-electron chi connectivity index (χ3n) is 3.51. The van der Waals surface area contributed by atoms with Gasteiger partial charge in [0.1, 0.15) is 5.15 Å². The number of rotatable bonds is 4. The number of azide groups is 1. The average molecular weight is 330 g/mol. The quantitative estimate of drug-likeness (QED) is 0.372. The van der Waals surface area contributed by atoms with Crippen LogP contribution in [0.4, 0.5) is 16.2 Å². The summed E-state index contributed by atoms with van der Waals surface area (Å²) >= 11 is 5.89. The van der Waals surface area contributed by atoms with Gasteiger partial charge in [-0.15, -0.1) is 0 Å². The van der Waals surface area contributed by atoms with Crippen LogP contribution in [0.2, 0.25) is 5.15 Å². The summed E-state index contributed by atoms with van der Waals surface area (Å²) in [7, 11) is 0. The molecular formula is C14H12ClN7O. The molecule has 1 saturated heterocycles. The highest BCUT2D eigenvalue weighted by atomic mass is 35.5. The molecule has 2 aromatic rings. The van der Waals surface area contributed by atoms with Crippen molar-refractivity contribution in [2.24, 2.45) is 5.11 Å². The Kier molecular flexibility index (Phi) is 4.27. The summed E-state index contributed by atoms with van der Waals surface area (Å²) in [6, 6.07) is 4.94. The van der Waals surface area contributed by atoms with Crippen LogP contribution in [-0.4, -0.2) is 29.1 Å². The Morgan fingerprint density at radius 2 is 2.13 bits per heavy atom. The van der Waals surface area contributed by atoms with Gasteiger partial charge >= 0.3 is 6.03 Å². The molecule has 1 aliphatic heterocycles. The van der Waals surface area contributed by atoms with E-state index in [-0.39, 0.29) is 12.6 Å². The SMILES string of the molecule is [N-]=[N+]=NCc1ccncc1N1CCN(c2ccnc(Cl)c2)C1=O. The fourth-order valence-corrected chi connectivity index (χ4v) is 2.63. The third-order valence-corrected chi connectivity index (χ3v) is 3.72. The van der Waals surface area contributed by atoms with Crippen LogP contribution in [-0.2, 0) is 6.54 Å². The van der Waals surface area contributed by atoms with Crippen LogP contribution >= 0.6 is 11.6 Å². The lowest BCUT2D eigenvalue weighted by atomic mass is 10.2. The minimum Gasteiger partial charge on any atom is -0.292 e. The number of aromatic nitrogens is 2. The Morgan fingerprint density at radius 1 is 1.30 bits per heavy atom. The lowest BCUT2D eigenvalue weighted by Crippen LogP contribution is -2.32. The van der Waals surface area contributed by atoms with E-state index in [9.17, 15) is 4.79 Å². The monoisotopic (exact) mass is 329 g/mol. The summed E-state index contributed by atoms with van der Waals surface area (Å²) < 4.78 is 0. The maximum atomic E-state index is 12.7.